The minimum absolute atomic E-state index is 0.0618. The Bertz CT molecular complexity index is 256. The van der Waals surface area contributed by atoms with Crippen molar-refractivity contribution in [1.82, 2.24) is 5.32 Å². The molecule has 2 unspecified atom stereocenters. The van der Waals surface area contributed by atoms with Crippen LogP contribution in [0.15, 0.2) is 0 Å². The molecule has 0 saturated carbocycles. The fraction of sp³-hybridized carbons (Fsp3) is 0.909. The van der Waals surface area contributed by atoms with Crippen molar-refractivity contribution >= 4 is 5.97 Å². The summed E-state index contributed by atoms with van der Waals surface area (Å²) in [7, 11) is 0. The van der Waals surface area contributed by atoms with Crippen LogP contribution in [0.5, 0.6) is 0 Å². The molecule has 0 aromatic rings. The first-order valence-corrected chi connectivity index (χ1v) is 5.72. The highest BCUT2D eigenvalue weighted by Crippen LogP contribution is 2.25. The second-order valence-electron chi connectivity index (χ2n) is 4.43. The minimum Gasteiger partial charge on any atom is -0.480 e. The smallest absolute Gasteiger partial charge is 0.401 e. The van der Waals surface area contributed by atoms with Crippen LogP contribution in [0.3, 0.4) is 0 Å². The van der Waals surface area contributed by atoms with Crippen molar-refractivity contribution in [3.63, 3.8) is 0 Å². The zero-order chi connectivity index (χ0) is 13.7. The van der Waals surface area contributed by atoms with Crippen LogP contribution in [0, 0.1) is 5.92 Å². The molecule has 0 fully saturated rings. The number of halogens is 3. The second-order valence-corrected chi connectivity index (χ2v) is 4.43. The molecule has 0 aliphatic heterocycles. The van der Waals surface area contributed by atoms with E-state index in [1.807, 2.05) is 13.8 Å². The molecule has 0 heterocycles. The fourth-order valence-corrected chi connectivity index (χ4v) is 1.66. The molecule has 0 aliphatic carbocycles. The van der Waals surface area contributed by atoms with Gasteiger partial charge in [0.15, 0.2) is 0 Å². The third kappa shape index (κ3) is 5.39. The molecule has 17 heavy (non-hydrogen) atoms. The second kappa shape index (κ2) is 6.23. The van der Waals surface area contributed by atoms with Crippen molar-refractivity contribution in [3.05, 3.63) is 0 Å². The van der Waals surface area contributed by atoms with Crippen LogP contribution in [-0.4, -0.2) is 29.3 Å². The molecule has 3 nitrogen and oxygen atoms in total. The number of rotatable bonds is 7. The number of hydrogen-bond donors (Lipinski definition) is 2. The number of nitrogens with one attached hydrogen (secondary N) is 1. The van der Waals surface area contributed by atoms with E-state index in [9.17, 15) is 18.0 Å². The highest BCUT2D eigenvalue weighted by atomic mass is 19.4. The van der Waals surface area contributed by atoms with Crippen LogP contribution in [0.1, 0.15) is 40.0 Å². The third-order valence-electron chi connectivity index (χ3n) is 3.03. The molecule has 2 N–H and O–H groups in total. The predicted octanol–water partition coefficient (Wildman–Crippen LogP) is 2.81. The summed E-state index contributed by atoms with van der Waals surface area (Å²) in [5.74, 6) is -1.16. The molecule has 0 bridgehead atoms. The van der Waals surface area contributed by atoms with Gasteiger partial charge in [0.2, 0.25) is 0 Å². The Morgan fingerprint density at radius 2 is 1.88 bits per heavy atom. The summed E-state index contributed by atoms with van der Waals surface area (Å²) in [5, 5.41) is 11.3. The van der Waals surface area contributed by atoms with Gasteiger partial charge >= 0.3 is 12.1 Å². The predicted molar refractivity (Wildman–Crippen MR) is 58.8 cm³/mol. The Morgan fingerprint density at radius 1 is 1.35 bits per heavy atom. The molecule has 0 aromatic heterocycles. The quantitative estimate of drug-likeness (QED) is 0.735. The summed E-state index contributed by atoms with van der Waals surface area (Å²) in [5.41, 5.74) is -1.48. The number of hydrogen-bond acceptors (Lipinski definition) is 2. The van der Waals surface area contributed by atoms with Gasteiger partial charge < -0.3 is 5.11 Å². The van der Waals surface area contributed by atoms with Crippen LogP contribution in [-0.2, 0) is 4.79 Å². The molecular weight excluding hydrogens is 235 g/mol. The van der Waals surface area contributed by atoms with Gasteiger partial charge in [-0.05, 0) is 18.8 Å². The summed E-state index contributed by atoms with van der Waals surface area (Å²) in [6.07, 6.45) is -3.33. The van der Waals surface area contributed by atoms with E-state index in [1.165, 1.54) is 0 Å². The average molecular weight is 255 g/mol. The molecule has 0 radical (unpaired) electrons. The first-order valence-electron chi connectivity index (χ1n) is 5.72. The van der Waals surface area contributed by atoms with Crippen molar-refractivity contribution in [1.29, 1.82) is 0 Å². The zero-order valence-electron chi connectivity index (χ0n) is 10.4. The van der Waals surface area contributed by atoms with Crippen LogP contribution >= 0.6 is 0 Å². The lowest BCUT2D eigenvalue weighted by molar-refractivity contribution is -0.151. The summed E-state index contributed by atoms with van der Waals surface area (Å²) >= 11 is 0. The van der Waals surface area contributed by atoms with Crippen molar-refractivity contribution in [2.45, 2.75) is 51.7 Å². The highest BCUT2D eigenvalue weighted by molar-refractivity contribution is 5.78. The van der Waals surface area contributed by atoms with E-state index in [0.29, 0.717) is 0 Å². The molecule has 6 heteroatoms. The van der Waals surface area contributed by atoms with Gasteiger partial charge in [-0.3, -0.25) is 10.1 Å². The first kappa shape index (κ1) is 16.2. The molecule has 0 spiro atoms. The van der Waals surface area contributed by atoms with Crippen molar-refractivity contribution in [2.24, 2.45) is 5.92 Å². The summed E-state index contributed by atoms with van der Waals surface area (Å²) < 4.78 is 36.4. The fourth-order valence-electron chi connectivity index (χ4n) is 1.66. The number of alkyl halides is 3. The molecule has 0 aliphatic rings. The molecule has 0 saturated heterocycles. The van der Waals surface area contributed by atoms with Gasteiger partial charge in [0.05, 0.1) is 6.54 Å². The molecular formula is C11H20F3NO2. The highest BCUT2D eigenvalue weighted by Gasteiger charge is 2.40. The Balaban J connectivity index is 4.77. The molecule has 0 rings (SSSR count). The Labute approximate surface area is 99.4 Å². The first-order chi connectivity index (χ1) is 7.67. The van der Waals surface area contributed by atoms with E-state index in [-0.39, 0.29) is 18.8 Å². The van der Waals surface area contributed by atoms with Crippen LogP contribution in [0.25, 0.3) is 0 Å². The minimum atomic E-state index is -4.40. The van der Waals surface area contributed by atoms with Gasteiger partial charge in [-0.1, -0.05) is 27.2 Å². The van der Waals surface area contributed by atoms with Gasteiger partial charge in [-0.2, -0.15) is 13.2 Å². The molecule has 2 atom stereocenters. The summed E-state index contributed by atoms with van der Waals surface area (Å²) in [6.45, 7) is 4.03. The van der Waals surface area contributed by atoms with Crippen molar-refractivity contribution in [2.75, 3.05) is 6.54 Å². The van der Waals surface area contributed by atoms with E-state index in [2.05, 4.69) is 5.32 Å². The maximum absolute atomic E-state index is 12.1. The topological polar surface area (TPSA) is 49.3 Å². The van der Waals surface area contributed by atoms with E-state index < -0.39 is 24.2 Å². The summed E-state index contributed by atoms with van der Waals surface area (Å²) in [6, 6.07) is 0. The van der Waals surface area contributed by atoms with Gasteiger partial charge in [0.1, 0.15) is 5.54 Å². The van der Waals surface area contributed by atoms with Crippen LogP contribution < -0.4 is 5.32 Å². The Kier molecular flexibility index (Phi) is 5.95. The normalized spacial score (nSPS) is 17.5. The number of aliphatic carboxylic acids is 1. The molecule has 0 amide bonds. The average Bonchev–Trinajstić information content (AvgIpc) is 2.22. The number of carbonyl (C=O) groups is 1. The maximum atomic E-state index is 12.1. The van der Waals surface area contributed by atoms with E-state index in [0.717, 1.165) is 6.42 Å². The lowest BCUT2D eigenvalue weighted by Crippen LogP contribution is -2.55. The largest absolute Gasteiger partial charge is 0.480 e. The van der Waals surface area contributed by atoms with Gasteiger partial charge in [0, 0.05) is 0 Å². The molecule has 102 valence electrons. The van der Waals surface area contributed by atoms with Crippen LogP contribution in [0.2, 0.25) is 0 Å². The maximum Gasteiger partial charge on any atom is 0.401 e. The molecule has 0 aromatic carbocycles. The van der Waals surface area contributed by atoms with Gasteiger partial charge in [-0.25, -0.2) is 0 Å². The number of carboxylic acid groups (broad SMARTS) is 1. The Morgan fingerprint density at radius 3 is 2.18 bits per heavy atom. The van der Waals surface area contributed by atoms with Crippen molar-refractivity contribution in [3.8, 4) is 0 Å². The standard InChI is InChI=1S/C11H20F3NO2/c1-4-8(3)6-10(5-2,9(16)17)15-7-11(12,13)14/h8,15H,4-7H2,1-3H3,(H,16,17). The Hall–Kier alpha value is -0.780. The lowest BCUT2D eigenvalue weighted by Gasteiger charge is -2.32. The number of carboxylic acids is 1. The van der Waals surface area contributed by atoms with Gasteiger partial charge in [0.25, 0.3) is 0 Å². The van der Waals surface area contributed by atoms with Crippen molar-refractivity contribution < 1.29 is 23.1 Å². The SMILES string of the molecule is CCC(C)CC(CC)(NCC(F)(F)F)C(=O)O. The summed E-state index contributed by atoms with van der Waals surface area (Å²) in [4.78, 5) is 11.2. The lowest BCUT2D eigenvalue weighted by atomic mass is 9.84. The third-order valence-corrected chi connectivity index (χ3v) is 3.03. The monoisotopic (exact) mass is 255 g/mol. The van der Waals surface area contributed by atoms with Gasteiger partial charge in [-0.15, -0.1) is 0 Å². The van der Waals surface area contributed by atoms with E-state index >= 15 is 0 Å². The zero-order valence-corrected chi connectivity index (χ0v) is 10.4. The van der Waals surface area contributed by atoms with Crippen LogP contribution in [0.4, 0.5) is 13.2 Å². The van der Waals surface area contributed by atoms with E-state index in [4.69, 9.17) is 5.11 Å². The van der Waals surface area contributed by atoms with E-state index in [1.54, 1.807) is 6.92 Å².